The van der Waals surface area contributed by atoms with E-state index >= 15 is 0 Å². The fourth-order valence-electron chi connectivity index (χ4n) is 3.72. The number of nitrogens with one attached hydrogen (secondary N) is 2. The van der Waals surface area contributed by atoms with Crippen LogP contribution in [0.3, 0.4) is 0 Å². The number of amides is 2. The van der Waals surface area contributed by atoms with Crippen molar-refractivity contribution in [3.63, 3.8) is 0 Å². The topological polar surface area (TPSA) is 73.8 Å². The van der Waals surface area contributed by atoms with Crippen LogP contribution >= 0.6 is 11.8 Å². The molecule has 1 heterocycles. The van der Waals surface area contributed by atoms with Gasteiger partial charge in [-0.05, 0) is 50.5 Å². The molecule has 1 aliphatic carbocycles. The molecule has 7 heteroatoms. The molecule has 27 heavy (non-hydrogen) atoms. The predicted molar refractivity (Wildman–Crippen MR) is 110 cm³/mol. The molecule has 1 aromatic rings. The number of rotatable bonds is 7. The summed E-state index contributed by atoms with van der Waals surface area (Å²) >= 11 is 1.94. The molecule has 0 saturated heterocycles. The number of fused-ring (bicyclic) bond motifs is 1. The van der Waals surface area contributed by atoms with Gasteiger partial charge in [0.15, 0.2) is 5.96 Å². The van der Waals surface area contributed by atoms with Gasteiger partial charge < -0.3 is 10.6 Å². The Labute approximate surface area is 165 Å². The zero-order valence-electron chi connectivity index (χ0n) is 16.0. The lowest BCUT2D eigenvalue weighted by molar-refractivity contribution is 0.0652. The number of aliphatic imine (C=N–C) groups is 1. The molecule has 0 bridgehead atoms. The predicted octanol–water partition coefficient (Wildman–Crippen LogP) is 2.51. The number of hydrogen-bond donors (Lipinski definition) is 2. The fraction of sp³-hybridized carbons (Fsp3) is 0.550. The highest BCUT2D eigenvalue weighted by Crippen LogP contribution is 2.28. The Morgan fingerprint density at radius 3 is 2.48 bits per heavy atom. The number of unbranched alkanes of at least 4 members (excludes halogenated alkanes) is 1. The molecule has 3 rings (SSSR count). The smallest absolute Gasteiger partial charge is 0.261 e. The van der Waals surface area contributed by atoms with E-state index in [1.54, 1.807) is 31.3 Å². The average molecular weight is 389 g/mol. The number of carbonyl (C=O) groups excluding carboxylic acids is 2. The summed E-state index contributed by atoms with van der Waals surface area (Å²) < 4.78 is 0. The zero-order valence-corrected chi connectivity index (χ0v) is 16.8. The summed E-state index contributed by atoms with van der Waals surface area (Å²) in [5.74, 6) is 0.485. The van der Waals surface area contributed by atoms with Gasteiger partial charge >= 0.3 is 0 Å². The van der Waals surface area contributed by atoms with Gasteiger partial charge in [-0.25, -0.2) is 0 Å². The molecule has 2 aliphatic rings. The first-order chi connectivity index (χ1) is 13.1. The first kappa shape index (κ1) is 19.7. The third kappa shape index (κ3) is 4.64. The van der Waals surface area contributed by atoms with Crippen LogP contribution in [0.2, 0.25) is 0 Å². The summed E-state index contributed by atoms with van der Waals surface area (Å²) in [7, 11) is 1.79. The van der Waals surface area contributed by atoms with Gasteiger partial charge in [0.05, 0.1) is 11.1 Å². The van der Waals surface area contributed by atoms with Crippen LogP contribution in [0.1, 0.15) is 52.8 Å². The minimum Gasteiger partial charge on any atom is -0.356 e. The maximum Gasteiger partial charge on any atom is 0.261 e. The second kappa shape index (κ2) is 9.26. The zero-order chi connectivity index (χ0) is 19.2. The van der Waals surface area contributed by atoms with Gasteiger partial charge in [0.25, 0.3) is 11.8 Å². The Bertz CT molecular complexity index is 687. The number of imide groups is 1. The van der Waals surface area contributed by atoms with Gasteiger partial charge in [0.2, 0.25) is 0 Å². The third-order valence-corrected chi connectivity index (χ3v) is 6.36. The van der Waals surface area contributed by atoms with E-state index in [1.165, 1.54) is 24.2 Å². The van der Waals surface area contributed by atoms with Crippen molar-refractivity contribution in [2.24, 2.45) is 4.99 Å². The van der Waals surface area contributed by atoms with Crippen LogP contribution in [-0.4, -0.2) is 60.4 Å². The Kier molecular flexibility index (Phi) is 6.77. The normalized spacial score (nSPS) is 22.3. The summed E-state index contributed by atoms with van der Waals surface area (Å²) in [4.78, 5) is 30.3. The molecule has 2 N–H and O–H groups in total. The monoisotopic (exact) mass is 388 g/mol. The number of carbonyl (C=O) groups is 2. The molecule has 0 aromatic heterocycles. The van der Waals surface area contributed by atoms with E-state index < -0.39 is 0 Å². The van der Waals surface area contributed by atoms with E-state index in [4.69, 9.17) is 0 Å². The van der Waals surface area contributed by atoms with Gasteiger partial charge in [0, 0.05) is 31.4 Å². The van der Waals surface area contributed by atoms with Crippen molar-refractivity contribution in [2.45, 2.75) is 43.4 Å². The molecule has 1 aromatic carbocycles. The summed E-state index contributed by atoms with van der Waals surface area (Å²) in [6.07, 6.45) is 7.44. The summed E-state index contributed by atoms with van der Waals surface area (Å²) in [6, 6.07) is 7.52. The molecular formula is C20H28N4O2S. The third-order valence-electron chi connectivity index (χ3n) is 5.26. The second-order valence-electron chi connectivity index (χ2n) is 7.03. The van der Waals surface area contributed by atoms with E-state index in [0.717, 1.165) is 30.6 Å². The Hall–Kier alpha value is -2.02. The quantitative estimate of drug-likeness (QED) is 0.325. The van der Waals surface area contributed by atoms with Crippen molar-refractivity contribution < 1.29 is 9.59 Å². The van der Waals surface area contributed by atoms with Crippen molar-refractivity contribution >= 4 is 29.5 Å². The SMILES string of the molecule is CN=C(NCCCCN1C(=O)c2ccccc2C1=O)NC1CCC(SC)C1. The number of guanidine groups is 1. The summed E-state index contributed by atoms with van der Waals surface area (Å²) in [5, 5.41) is 7.58. The average Bonchev–Trinajstić information content (AvgIpc) is 3.25. The Morgan fingerprint density at radius 2 is 1.89 bits per heavy atom. The molecule has 146 valence electrons. The maximum absolute atomic E-state index is 12.3. The van der Waals surface area contributed by atoms with Crippen molar-refractivity contribution in [3.8, 4) is 0 Å². The highest BCUT2D eigenvalue weighted by molar-refractivity contribution is 7.99. The van der Waals surface area contributed by atoms with Crippen LogP contribution in [0.25, 0.3) is 0 Å². The minimum absolute atomic E-state index is 0.175. The van der Waals surface area contributed by atoms with E-state index in [9.17, 15) is 9.59 Å². The fourth-order valence-corrected chi connectivity index (χ4v) is 4.51. The first-order valence-corrected chi connectivity index (χ1v) is 10.9. The second-order valence-corrected chi connectivity index (χ2v) is 8.16. The number of benzene rings is 1. The highest BCUT2D eigenvalue weighted by atomic mass is 32.2. The standard InChI is InChI=1S/C20H28N4O2S/c1-21-20(23-14-9-10-15(13-14)27-2)22-11-5-6-12-24-18(25)16-7-3-4-8-17(16)19(24)26/h3-4,7-8,14-15H,5-6,9-13H2,1-2H3,(H2,21,22,23). The lowest BCUT2D eigenvalue weighted by atomic mass is 10.1. The molecule has 1 fully saturated rings. The van der Waals surface area contributed by atoms with E-state index in [0.29, 0.717) is 23.7 Å². The largest absolute Gasteiger partial charge is 0.356 e. The van der Waals surface area contributed by atoms with E-state index in [1.807, 2.05) is 11.8 Å². The first-order valence-electron chi connectivity index (χ1n) is 9.59. The maximum atomic E-state index is 12.3. The van der Waals surface area contributed by atoms with E-state index in [-0.39, 0.29) is 11.8 Å². The van der Waals surface area contributed by atoms with Gasteiger partial charge in [0.1, 0.15) is 0 Å². The van der Waals surface area contributed by atoms with Gasteiger partial charge in [-0.3, -0.25) is 19.5 Å². The lowest BCUT2D eigenvalue weighted by Crippen LogP contribution is -2.43. The van der Waals surface area contributed by atoms with Gasteiger partial charge in [-0.15, -0.1) is 0 Å². The van der Waals surface area contributed by atoms with Crippen LogP contribution in [0.15, 0.2) is 29.3 Å². The highest BCUT2D eigenvalue weighted by Gasteiger charge is 2.34. The molecule has 0 radical (unpaired) electrons. The van der Waals surface area contributed by atoms with Gasteiger partial charge in [-0.2, -0.15) is 11.8 Å². The Balaban J connectivity index is 1.37. The number of nitrogens with zero attached hydrogens (tertiary/aromatic N) is 2. The minimum atomic E-state index is -0.175. The molecule has 2 atom stereocenters. The van der Waals surface area contributed by atoms with Crippen LogP contribution in [0, 0.1) is 0 Å². The van der Waals surface area contributed by atoms with Gasteiger partial charge in [-0.1, -0.05) is 12.1 Å². The van der Waals surface area contributed by atoms with Crippen molar-refractivity contribution in [2.75, 3.05) is 26.4 Å². The van der Waals surface area contributed by atoms with Crippen molar-refractivity contribution in [3.05, 3.63) is 35.4 Å². The molecular weight excluding hydrogens is 360 g/mol. The Morgan fingerprint density at radius 1 is 1.19 bits per heavy atom. The molecule has 1 aliphatic heterocycles. The van der Waals surface area contributed by atoms with Crippen molar-refractivity contribution in [1.29, 1.82) is 0 Å². The molecule has 6 nitrogen and oxygen atoms in total. The number of thioether (sulfide) groups is 1. The molecule has 2 unspecified atom stereocenters. The number of hydrogen-bond acceptors (Lipinski definition) is 4. The lowest BCUT2D eigenvalue weighted by Gasteiger charge is -2.18. The summed E-state index contributed by atoms with van der Waals surface area (Å²) in [6.45, 7) is 1.22. The molecule has 2 amide bonds. The van der Waals surface area contributed by atoms with Crippen LogP contribution in [-0.2, 0) is 0 Å². The van der Waals surface area contributed by atoms with E-state index in [2.05, 4.69) is 21.9 Å². The van der Waals surface area contributed by atoms with Crippen LogP contribution < -0.4 is 10.6 Å². The van der Waals surface area contributed by atoms with Crippen LogP contribution in [0.4, 0.5) is 0 Å². The summed E-state index contributed by atoms with van der Waals surface area (Å²) in [5.41, 5.74) is 1.04. The van der Waals surface area contributed by atoms with Crippen molar-refractivity contribution in [1.82, 2.24) is 15.5 Å². The molecule has 0 spiro atoms. The molecule has 1 saturated carbocycles. The van der Waals surface area contributed by atoms with Crippen LogP contribution in [0.5, 0.6) is 0 Å².